The normalized spacial score (nSPS) is 27.0. The second-order valence-electron chi connectivity index (χ2n) is 5.69. The van der Waals surface area contributed by atoms with Crippen LogP contribution in [0.15, 0.2) is 23.0 Å². The summed E-state index contributed by atoms with van der Waals surface area (Å²) in [5, 5.41) is 3.23. The van der Waals surface area contributed by atoms with Gasteiger partial charge in [0, 0.05) is 11.4 Å². The summed E-state index contributed by atoms with van der Waals surface area (Å²) in [4.78, 5) is 25.3. The first-order chi connectivity index (χ1) is 10.6. The van der Waals surface area contributed by atoms with Crippen LogP contribution < -0.4 is 5.32 Å². The zero-order chi connectivity index (χ0) is 16.2. The van der Waals surface area contributed by atoms with Gasteiger partial charge in [-0.25, -0.2) is 4.79 Å². The van der Waals surface area contributed by atoms with Crippen LogP contribution in [0.4, 0.5) is 0 Å². The smallest absolute Gasteiger partial charge is 0.337 e. The maximum atomic E-state index is 12.8. The Kier molecular flexibility index (Phi) is 5.27. The molecule has 0 saturated carbocycles. The van der Waals surface area contributed by atoms with Gasteiger partial charge >= 0.3 is 11.9 Å². The molecule has 1 aliphatic heterocycles. The maximum Gasteiger partial charge on any atom is 0.337 e. The molecule has 1 aliphatic carbocycles. The molecular weight excluding hydrogens is 282 g/mol. The molecule has 0 bridgehead atoms. The second-order valence-corrected chi connectivity index (χ2v) is 5.69. The zero-order valence-electron chi connectivity index (χ0n) is 13.7. The summed E-state index contributed by atoms with van der Waals surface area (Å²) in [5.74, 6) is -0.778. The van der Waals surface area contributed by atoms with Crippen LogP contribution >= 0.6 is 0 Å². The molecule has 1 N–H and O–H groups in total. The van der Waals surface area contributed by atoms with E-state index in [1.54, 1.807) is 13.8 Å². The van der Waals surface area contributed by atoms with Gasteiger partial charge < -0.3 is 14.8 Å². The fraction of sp³-hybridized carbons (Fsp3) is 0.647. The molecule has 1 unspecified atom stereocenters. The Labute approximate surface area is 131 Å². The Balaban J connectivity index is 2.53. The molecular formula is C17H25NO4. The molecule has 2 aliphatic rings. The molecule has 0 aromatic heterocycles. The van der Waals surface area contributed by atoms with Crippen molar-refractivity contribution < 1.29 is 19.1 Å². The van der Waals surface area contributed by atoms with Gasteiger partial charge in [0.25, 0.3) is 0 Å². The van der Waals surface area contributed by atoms with Crippen molar-refractivity contribution in [3.63, 3.8) is 0 Å². The number of allylic oxidation sites excluding steroid dienone is 2. The fourth-order valence-electron chi connectivity index (χ4n) is 3.37. The standard InChI is InChI=1S/C17H25NO4/c1-4-21-15(19)14-12(3)18-13-10-8-6-7-9-11-17(13,14)16(20)22-5-2/h10,18H,4-9,11H2,1-3H3/b13-10+. The third kappa shape index (κ3) is 2.76. The molecule has 0 spiro atoms. The lowest BCUT2D eigenvalue weighted by Gasteiger charge is -2.31. The van der Waals surface area contributed by atoms with Crippen LogP contribution in [-0.4, -0.2) is 25.2 Å². The number of esters is 2. The molecule has 5 heteroatoms. The van der Waals surface area contributed by atoms with E-state index in [-0.39, 0.29) is 12.6 Å². The van der Waals surface area contributed by atoms with E-state index < -0.39 is 11.4 Å². The lowest BCUT2D eigenvalue weighted by Crippen LogP contribution is -2.39. The highest BCUT2D eigenvalue weighted by Gasteiger charge is 2.54. The van der Waals surface area contributed by atoms with Crippen molar-refractivity contribution in [2.75, 3.05) is 13.2 Å². The molecule has 0 aromatic carbocycles. The van der Waals surface area contributed by atoms with E-state index >= 15 is 0 Å². The number of carbonyl (C=O) groups is 2. The van der Waals surface area contributed by atoms with Gasteiger partial charge in [-0.15, -0.1) is 0 Å². The summed E-state index contributed by atoms with van der Waals surface area (Å²) in [6.07, 6.45) is 6.53. The minimum atomic E-state index is -1.02. The average Bonchev–Trinajstić information content (AvgIpc) is 2.72. The minimum absolute atomic E-state index is 0.285. The van der Waals surface area contributed by atoms with Gasteiger partial charge in [-0.3, -0.25) is 4.79 Å². The SMILES string of the molecule is CCOC(=O)C1=C(C)N/C2=C/CCCCCC12C(=O)OCC. The first kappa shape index (κ1) is 16.6. The van der Waals surface area contributed by atoms with Crippen molar-refractivity contribution in [3.8, 4) is 0 Å². The topological polar surface area (TPSA) is 64.6 Å². The Morgan fingerprint density at radius 2 is 1.91 bits per heavy atom. The Bertz CT molecular complexity index is 521. The van der Waals surface area contributed by atoms with Gasteiger partial charge in [-0.05, 0) is 40.0 Å². The average molecular weight is 307 g/mol. The van der Waals surface area contributed by atoms with Crippen molar-refractivity contribution in [2.45, 2.75) is 52.9 Å². The highest BCUT2D eigenvalue weighted by molar-refractivity contribution is 6.02. The Morgan fingerprint density at radius 1 is 1.18 bits per heavy atom. The summed E-state index contributed by atoms with van der Waals surface area (Å²) in [5.41, 5.74) is 0.874. The minimum Gasteiger partial charge on any atom is -0.465 e. The number of hydrogen-bond acceptors (Lipinski definition) is 5. The van der Waals surface area contributed by atoms with Crippen molar-refractivity contribution in [3.05, 3.63) is 23.0 Å². The number of fused-ring (bicyclic) bond motifs is 1. The lowest BCUT2D eigenvalue weighted by molar-refractivity contribution is -0.154. The molecule has 1 atom stereocenters. The van der Waals surface area contributed by atoms with Crippen LogP contribution in [0, 0.1) is 5.41 Å². The van der Waals surface area contributed by atoms with Crippen LogP contribution in [0.3, 0.4) is 0 Å². The number of rotatable bonds is 4. The van der Waals surface area contributed by atoms with E-state index in [0.717, 1.165) is 31.4 Å². The highest BCUT2D eigenvalue weighted by Crippen LogP contribution is 2.48. The fourth-order valence-corrected chi connectivity index (χ4v) is 3.37. The predicted octanol–water partition coefficient (Wildman–Crippen LogP) is 2.82. The predicted molar refractivity (Wildman–Crippen MR) is 82.7 cm³/mol. The lowest BCUT2D eigenvalue weighted by atomic mass is 9.73. The van der Waals surface area contributed by atoms with Gasteiger partial charge in [0.05, 0.1) is 18.8 Å². The third-order valence-electron chi connectivity index (χ3n) is 4.29. The molecule has 122 valence electrons. The number of carbonyl (C=O) groups excluding carboxylic acids is 2. The molecule has 1 heterocycles. The Hall–Kier alpha value is -1.78. The molecule has 0 amide bonds. The summed E-state index contributed by atoms with van der Waals surface area (Å²) in [7, 11) is 0. The van der Waals surface area contributed by atoms with E-state index in [9.17, 15) is 9.59 Å². The number of hydrogen-bond donors (Lipinski definition) is 1. The highest BCUT2D eigenvalue weighted by atomic mass is 16.5. The van der Waals surface area contributed by atoms with E-state index in [4.69, 9.17) is 9.47 Å². The molecule has 22 heavy (non-hydrogen) atoms. The van der Waals surface area contributed by atoms with E-state index in [0.29, 0.717) is 24.3 Å². The molecule has 0 radical (unpaired) electrons. The molecule has 0 saturated heterocycles. The summed E-state index contributed by atoms with van der Waals surface area (Å²) in [6, 6.07) is 0. The van der Waals surface area contributed by atoms with Gasteiger partial charge in [0.15, 0.2) is 0 Å². The van der Waals surface area contributed by atoms with Crippen LogP contribution in [0.5, 0.6) is 0 Å². The van der Waals surface area contributed by atoms with Crippen LogP contribution in [0.2, 0.25) is 0 Å². The zero-order valence-corrected chi connectivity index (χ0v) is 13.7. The van der Waals surface area contributed by atoms with Crippen molar-refractivity contribution in [1.82, 2.24) is 5.32 Å². The Morgan fingerprint density at radius 3 is 2.59 bits per heavy atom. The first-order valence-corrected chi connectivity index (χ1v) is 8.11. The quantitative estimate of drug-likeness (QED) is 0.809. The monoisotopic (exact) mass is 307 g/mol. The maximum absolute atomic E-state index is 12.8. The van der Waals surface area contributed by atoms with E-state index in [2.05, 4.69) is 5.32 Å². The third-order valence-corrected chi connectivity index (χ3v) is 4.29. The van der Waals surface area contributed by atoms with E-state index in [1.807, 2.05) is 13.0 Å². The van der Waals surface area contributed by atoms with Crippen LogP contribution in [0.25, 0.3) is 0 Å². The van der Waals surface area contributed by atoms with Gasteiger partial charge in [-0.2, -0.15) is 0 Å². The summed E-state index contributed by atoms with van der Waals surface area (Å²) < 4.78 is 10.5. The summed E-state index contributed by atoms with van der Waals surface area (Å²) >= 11 is 0. The summed E-state index contributed by atoms with van der Waals surface area (Å²) in [6.45, 7) is 5.95. The number of nitrogens with one attached hydrogen (secondary N) is 1. The van der Waals surface area contributed by atoms with Gasteiger partial charge in [0.1, 0.15) is 5.41 Å². The van der Waals surface area contributed by atoms with Crippen molar-refractivity contribution in [1.29, 1.82) is 0 Å². The molecule has 2 rings (SSSR count). The second kappa shape index (κ2) is 6.99. The largest absolute Gasteiger partial charge is 0.465 e. The van der Waals surface area contributed by atoms with Crippen molar-refractivity contribution in [2.24, 2.45) is 5.41 Å². The van der Waals surface area contributed by atoms with Crippen LogP contribution in [-0.2, 0) is 19.1 Å². The first-order valence-electron chi connectivity index (χ1n) is 8.11. The molecule has 0 aromatic rings. The van der Waals surface area contributed by atoms with Gasteiger partial charge in [0.2, 0.25) is 0 Å². The van der Waals surface area contributed by atoms with Crippen molar-refractivity contribution >= 4 is 11.9 Å². The van der Waals surface area contributed by atoms with Gasteiger partial charge in [-0.1, -0.05) is 18.9 Å². The van der Waals surface area contributed by atoms with Crippen LogP contribution in [0.1, 0.15) is 52.9 Å². The number of ether oxygens (including phenoxy) is 2. The van der Waals surface area contributed by atoms with E-state index in [1.165, 1.54) is 0 Å². The molecule has 0 fully saturated rings. The molecule has 5 nitrogen and oxygen atoms in total.